The van der Waals surface area contributed by atoms with E-state index >= 15 is 0 Å². The summed E-state index contributed by atoms with van der Waals surface area (Å²) in [5.41, 5.74) is 4.45. The van der Waals surface area contributed by atoms with E-state index in [4.69, 9.17) is 4.98 Å². The number of imidazole rings is 1. The van der Waals surface area contributed by atoms with Crippen molar-refractivity contribution in [3.8, 4) is 0 Å². The molecule has 0 saturated carbocycles. The molecule has 0 radical (unpaired) electrons. The topological polar surface area (TPSA) is 84.3 Å². The van der Waals surface area contributed by atoms with Gasteiger partial charge in [0, 0.05) is 24.8 Å². The Morgan fingerprint density at radius 1 is 1.03 bits per heavy atom. The average Bonchev–Trinajstić information content (AvgIpc) is 3.17. The second-order valence-electron chi connectivity index (χ2n) is 8.37. The van der Waals surface area contributed by atoms with E-state index < -0.39 is 10.0 Å². The smallest absolute Gasteiger partial charge is 0.261 e. The summed E-state index contributed by atoms with van der Waals surface area (Å²) < 4.78 is 30.6. The summed E-state index contributed by atoms with van der Waals surface area (Å²) >= 11 is 0. The van der Waals surface area contributed by atoms with Crippen molar-refractivity contribution >= 4 is 32.7 Å². The van der Waals surface area contributed by atoms with E-state index in [1.165, 1.54) is 12.1 Å². The lowest BCUT2D eigenvalue weighted by Gasteiger charge is -2.19. The van der Waals surface area contributed by atoms with Gasteiger partial charge in [0.1, 0.15) is 5.82 Å². The van der Waals surface area contributed by atoms with Crippen molar-refractivity contribution in [2.45, 2.75) is 38.8 Å². The van der Waals surface area contributed by atoms with Crippen LogP contribution in [0.15, 0.2) is 71.6 Å². The first kappa shape index (κ1) is 23.5. The normalized spacial score (nSPS) is 11.5. The Balaban J connectivity index is 1.60. The monoisotopic (exact) mass is 476 g/mol. The summed E-state index contributed by atoms with van der Waals surface area (Å²) in [7, 11) is -2.15. The van der Waals surface area contributed by atoms with Gasteiger partial charge >= 0.3 is 0 Å². The molecule has 0 aliphatic rings. The molecule has 0 bridgehead atoms. The van der Waals surface area contributed by atoms with Crippen molar-refractivity contribution in [2.24, 2.45) is 0 Å². The predicted octanol–water partition coefficient (Wildman–Crippen LogP) is 4.75. The fraction of sp³-hybridized carbons (Fsp3) is 0.231. The Hall–Kier alpha value is -3.65. The first-order valence-electron chi connectivity index (χ1n) is 11.1. The Bertz CT molecular complexity index is 1460. The Morgan fingerprint density at radius 2 is 1.74 bits per heavy atom. The van der Waals surface area contributed by atoms with E-state index in [-0.39, 0.29) is 10.8 Å². The summed E-state index contributed by atoms with van der Waals surface area (Å²) in [6.45, 7) is 6.81. The van der Waals surface area contributed by atoms with Gasteiger partial charge in [0.2, 0.25) is 0 Å². The number of para-hydroxylation sites is 2. The number of nitrogens with one attached hydrogen (secondary N) is 1. The van der Waals surface area contributed by atoms with Crippen LogP contribution in [-0.2, 0) is 23.1 Å². The Morgan fingerprint density at radius 3 is 2.44 bits per heavy atom. The van der Waals surface area contributed by atoms with E-state index in [0.29, 0.717) is 23.4 Å². The largest absolute Gasteiger partial charge is 0.334 e. The zero-order valence-corrected chi connectivity index (χ0v) is 20.6. The first-order valence-corrected chi connectivity index (χ1v) is 12.6. The maximum absolute atomic E-state index is 13.3. The highest BCUT2D eigenvalue weighted by atomic mass is 32.2. The van der Waals surface area contributed by atoms with Crippen molar-refractivity contribution < 1.29 is 13.2 Å². The molecule has 0 aliphatic carbocycles. The van der Waals surface area contributed by atoms with Gasteiger partial charge < -0.3 is 9.47 Å². The maximum Gasteiger partial charge on any atom is 0.261 e. The molecule has 0 fully saturated rings. The molecule has 4 rings (SSSR count). The second kappa shape index (κ2) is 9.30. The van der Waals surface area contributed by atoms with Crippen LogP contribution in [-0.4, -0.2) is 35.8 Å². The number of nitrogens with zero attached hydrogens (tertiary/aromatic N) is 3. The highest BCUT2D eigenvalue weighted by molar-refractivity contribution is 7.92. The van der Waals surface area contributed by atoms with E-state index in [1.54, 1.807) is 37.1 Å². The highest BCUT2D eigenvalue weighted by Crippen LogP contribution is 2.22. The molecule has 0 spiro atoms. The number of hydrogen-bond acceptors (Lipinski definition) is 4. The lowest BCUT2D eigenvalue weighted by atomic mass is 10.1. The number of anilines is 1. The number of rotatable bonds is 7. The van der Waals surface area contributed by atoms with Gasteiger partial charge in [0.05, 0.1) is 22.5 Å². The molecule has 7 nitrogen and oxygen atoms in total. The van der Waals surface area contributed by atoms with Gasteiger partial charge in [-0.15, -0.1) is 0 Å². The van der Waals surface area contributed by atoms with E-state index in [2.05, 4.69) is 9.29 Å². The zero-order chi connectivity index (χ0) is 24.5. The number of fused-ring (bicyclic) bond motifs is 1. The third kappa shape index (κ3) is 4.68. The Kier molecular flexibility index (Phi) is 6.43. The van der Waals surface area contributed by atoms with Crippen LogP contribution in [0.3, 0.4) is 0 Å². The molecule has 1 heterocycles. The number of benzene rings is 3. The fourth-order valence-electron chi connectivity index (χ4n) is 3.92. The molecule has 1 N–H and O–H groups in total. The summed E-state index contributed by atoms with van der Waals surface area (Å²) in [5.74, 6) is 0.515. The van der Waals surface area contributed by atoms with E-state index in [0.717, 1.165) is 29.0 Å². The van der Waals surface area contributed by atoms with Crippen LogP contribution >= 0.6 is 0 Å². The molecule has 8 heteroatoms. The van der Waals surface area contributed by atoms with Crippen molar-refractivity contribution in [2.75, 3.05) is 11.8 Å². The highest BCUT2D eigenvalue weighted by Gasteiger charge is 2.22. The van der Waals surface area contributed by atoms with Crippen LogP contribution in [0.5, 0.6) is 0 Å². The lowest BCUT2D eigenvalue weighted by Crippen LogP contribution is -2.28. The summed E-state index contributed by atoms with van der Waals surface area (Å²) in [5, 5.41) is 0. The van der Waals surface area contributed by atoms with Crippen molar-refractivity contribution in [3.05, 3.63) is 89.2 Å². The molecule has 0 unspecified atom stereocenters. The molecule has 1 aromatic heterocycles. The molecule has 0 aliphatic heterocycles. The summed E-state index contributed by atoms with van der Waals surface area (Å²) in [4.78, 5) is 19.6. The lowest BCUT2D eigenvalue weighted by molar-refractivity contribution is 0.0779. The number of aromatic nitrogens is 2. The molecular formula is C26H28N4O3S. The van der Waals surface area contributed by atoms with E-state index in [9.17, 15) is 13.2 Å². The maximum atomic E-state index is 13.3. The zero-order valence-electron chi connectivity index (χ0n) is 19.7. The number of sulfonamides is 1. The quantitative estimate of drug-likeness (QED) is 0.417. The summed E-state index contributed by atoms with van der Waals surface area (Å²) in [6, 6.07) is 19.6. The van der Waals surface area contributed by atoms with E-state index in [1.807, 2.05) is 50.2 Å². The molecule has 1 amide bonds. The van der Waals surface area contributed by atoms with Crippen LogP contribution in [0, 0.1) is 13.8 Å². The van der Waals surface area contributed by atoms with Gasteiger partial charge in [0.15, 0.2) is 0 Å². The predicted molar refractivity (Wildman–Crippen MR) is 134 cm³/mol. The first-order chi connectivity index (χ1) is 16.2. The van der Waals surface area contributed by atoms with Crippen LogP contribution in [0.2, 0.25) is 0 Å². The molecule has 0 atom stereocenters. The van der Waals surface area contributed by atoms with Crippen molar-refractivity contribution in [1.82, 2.24) is 14.5 Å². The van der Waals surface area contributed by atoms with Crippen molar-refractivity contribution in [3.63, 3.8) is 0 Å². The molecule has 176 valence electrons. The van der Waals surface area contributed by atoms with Gasteiger partial charge in [-0.05, 0) is 62.7 Å². The van der Waals surface area contributed by atoms with Gasteiger partial charge in [-0.2, -0.15) is 0 Å². The molecular weight excluding hydrogens is 448 g/mol. The van der Waals surface area contributed by atoms with Crippen molar-refractivity contribution in [1.29, 1.82) is 0 Å². The molecule has 34 heavy (non-hydrogen) atoms. The molecule has 3 aromatic carbocycles. The fourth-order valence-corrected chi connectivity index (χ4v) is 5.01. The SMILES string of the molecule is CCn1c(CN(C)C(=O)c2cc(S(=O)(=O)Nc3ccc(C)cc3)ccc2C)nc2ccccc21. The van der Waals surface area contributed by atoms with Gasteiger partial charge in [0.25, 0.3) is 15.9 Å². The number of amides is 1. The number of aryl methyl sites for hydroxylation is 3. The van der Waals surface area contributed by atoms with Crippen LogP contribution < -0.4 is 4.72 Å². The average molecular weight is 477 g/mol. The Labute approximate surface area is 200 Å². The van der Waals surface area contributed by atoms with Gasteiger partial charge in [-0.25, -0.2) is 13.4 Å². The minimum atomic E-state index is -3.85. The van der Waals surface area contributed by atoms with Gasteiger partial charge in [-0.3, -0.25) is 9.52 Å². The minimum Gasteiger partial charge on any atom is -0.334 e. The van der Waals surface area contributed by atoms with Crippen LogP contribution in [0.25, 0.3) is 11.0 Å². The number of carbonyl (C=O) groups is 1. The number of carbonyl (C=O) groups excluding carboxylic acids is 1. The second-order valence-corrected chi connectivity index (χ2v) is 10.1. The molecule has 0 saturated heterocycles. The summed E-state index contributed by atoms with van der Waals surface area (Å²) in [6.07, 6.45) is 0. The third-order valence-corrected chi connectivity index (χ3v) is 7.21. The number of hydrogen-bond donors (Lipinski definition) is 1. The van der Waals surface area contributed by atoms with Gasteiger partial charge in [-0.1, -0.05) is 35.9 Å². The van der Waals surface area contributed by atoms with Crippen LogP contribution in [0.4, 0.5) is 5.69 Å². The van der Waals surface area contributed by atoms with Crippen LogP contribution in [0.1, 0.15) is 34.2 Å². The third-order valence-electron chi connectivity index (χ3n) is 5.83. The molecule has 4 aromatic rings. The standard InChI is InChI=1S/C26H28N4O3S/c1-5-30-24-9-7-6-8-23(24)27-25(30)17-29(4)26(31)22-16-21(15-12-19(22)3)34(32,33)28-20-13-10-18(2)11-14-20/h6-16,28H,5,17H2,1-4H3. The minimum absolute atomic E-state index is 0.0382.